The van der Waals surface area contributed by atoms with Gasteiger partial charge in [-0.3, -0.25) is 0 Å². The fourth-order valence-corrected chi connectivity index (χ4v) is 3.47. The molecule has 27 heavy (non-hydrogen) atoms. The summed E-state index contributed by atoms with van der Waals surface area (Å²) >= 11 is 0. The molecule has 0 aliphatic carbocycles. The van der Waals surface area contributed by atoms with Gasteiger partial charge in [0.25, 0.3) is 0 Å². The van der Waals surface area contributed by atoms with Gasteiger partial charge in [-0.05, 0) is 41.4 Å². The molecule has 0 aliphatic heterocycles. The third-order valence-corrected chi connectivity index (χ3v) is 9.50. The highest BCUT2D eigenvalue weighted by Gasteiger charge is 2.39. The summed E-state index contributed by atoms with van der Waals surface area (Å²) in [5.74, 6) is 1.25. The molecule has 0 fully saturated rings. The van der Waals surface area contributed by atoms with Gasteiger partial charge in [0.1, 0.15) is 6.61 Å². The molecule has 0 aliphatic rings. The smallest absolute Gasteiger partial charge is 0.194 e. The molecule has 1 atom stereocenters. The molecule has 0 aromatic heterocycles. The molecular weight excluding hydrogens is 354 g/mol. The number of rotatable bonds is 7. The minimum atomic E-state index is -2.07. The van der Waals surface area contributed by atoms with Crippen molar-refractivity contribution < 1.29 is 13.9 Å². The average molecular weight is 384 g/mol. The summed E-state index contributed by atoms with van der Waals surface area (Å²) in [6.07, 6.45) is -0.622. The van der Waals surface area contributed by atoms with Crippen molar-refractivity contribution in [2.24, 2.45) is 0 Å². The van der Waals surface area contributed by atoms with E-state index in [1.54, 1.807) is 7.11 Å². The van der Waals surface area contributed by atoms with Gasteiger partial charge in [0.05, 0.1) is 13.2 Å². The lowest BCUT2D eigenvalue weighted by Gasteiger charge is -2.37. The molecule has 4 nitrogen and oxygen atoms in total. The van der Waals surface area contributed by atoms with Gasteiger partial charge in [0, 0.05) is 0 Å². The molecule has 0 radical (unpaired) electrons. The van der Waals surface area contributed by atoms with E-state index in [0.717, 1.165) is 11.1 Å². The minimum Gasteiger partial charge on any atom is -0.493 e. The molecular formula is C22H29NO3Si. The Morgan fingerprint density at radius 1 is 1.04 bits per heavy atom. The largest absolute Gasteiger partial charge is 0.493 e. The quantitative estimate of drug-likeness (QED) is 0.562. The van der Waals surface area contributed by atoms with E-state index in [9.17, 15) is 5.26 Å². The van der Waals surface area contributed by atoms with Crippen molar-refractivity contribution in [2.45, 2.75) is 51.6 Å². The van der Waals surface area contributed by atoms with Crippen molar-refractivity contribution in [1.29, 1.82) is 5.26 Å². The number of methoxy groups -OCH3 is 1. The second-order valence-electron chi connectivity index (χ2n) is 8.07. The van der Waals surface area contributed by atoms with Crippen molar-refractivity contribution in [3.8, 4) is 17.6 Å². The Hall–Kier alpha value is -2.29. The van der Waals surface area contributed by atoms with Gasteiger partial charge in [-0.15, -0.1) is 0 Å². The summed E-state index contributed by atoms with van der Waals surface area (Å²) in [6, 6.07) is 17.8. The van der Waals surface area contributed by atoms with Gasteiger partial charge >= 0.3 is 0 Å². The first-order chi connectivity index (χ1) is 12.7. The molecule has 0 N–H and O–H groups in total. The lowest BCUT2D eigenvalue weighted by molar-refractivity contribution is 0.234. The lowest BCUT2D eigenvalue weighted by Crippen LogP contribution is -2.41. The van der Waals surface area contributed by atoms with Gasteiger partial charge in [-0.1, -0.05) is 57.2 Å². The lowest BCUT2D eigenvalue weighted by atomic mass is 10.1. The van der Waals surface area contributed by atoms with Crippen LogP contribution in [0.1, 0.15) is 38.0 Å². The van der Waals surface area contributed by atoms with E-state index in [1.165, 1.54) is 0 Å². The molecule has 0 amide bonds. The molecule has 2 rings (SSSR count). The van der Waals surface area contributed by atoms with Crippen molar-refractivity contribution in [2.75, 3.05) is 7.11 Å². The average Bonchev–Trinajstić information content (AvgIpc) is 2.64. The number of benzene rings is 2. The SMILES string of the molecule is COc1cc(C(C#N)O[Si](C)(C)C(C)(C)C)ccc1OCc1ccccc1. The Morgan fingerprint density at radius 2 is 1.70 bits per heavy atom. The molecule has 5 heteroatoms. The highest BCUT2D eigenvalue weighted by atomic mass is 28.4. The van der Waals surface area contributed by atoms with Gasteiger partial charge in [-0.25, -0.2) is 0 Å². The van der Waals surface area contributed by atoms with E-state index in [-0.39, 0.29) is 5.04 Å². The monoisotopic (exact) mass is 383 g/mol. The van der Waals surface area contributed by atoms with Crippen LogP contribution in [0.5, 0.6) is 11.5 Å². The summed E-state index contributed by atoms with van der Waals surface area (Å²) in [4.78, 5) is 0. The van der Waals surface area contributed by atoms with Crippen LogP contribution in [0.2, 0.25) is 18.1 Å². The van der Waals surface area contributed by atoms with E-state index in [0.29, 0.717) is 18.1 Å². The van der Waals surface area contributed by atoms with Crippen molar-refractivity contribution >= 4 is 8.32 Å². The third kappa shape index (κ3) is 5.35. The van der Waals surface area contributed by atoms with Crippen LogP contribution >= 0.6 is 0 Å². The van der Waals surface area contributed by atoms with Crippen LogP contribution in [-0.2, 0) is 11.0 Å². The molecule has 0 spiro atoms. The summed E-state index contributed by atoms with van der Waals surface area (Å²) in [6.45, 7) is 11.2. The van der Waals surface area contributed by atoms with E-state index in [1.807, 2.05) is 48.5 Å². The summed E-state index contributed by atoms with van der Waals surface area (Å²) < 4.78 is 17.7. The van der Waals surface area contributed by atoms with Crippen LogP contribution in [0.3, 0.4) is 0 Å². The van der Waals surface area contributed by atoms with E-state index >= 15 is 0 Å². The second kappa shape index (κ2) is 8.60. The molecule has 2 aromatic rings. The van der Waals surface area contributed by atoms with Crippen molar-refractivity contribution in [3.05, 3.63) is 59.7 Å². The Bertz CT molecular complexity index is 791. The number of nitrogens with zero attached hydrogens (tertiary/aromatic N) is 1. The zero-order chi connectivity index (χ0) is 20.1. The molecule has 1 unspecified atom stereocenters. The van der Waals surface area contributed by atoms with Gasteiger partial charge in [0.15, 0.2) is 25.9 Å². The Balaban J connectivity index is 2.19. The topological polar surface area (TPSA) is 51.5 Å². The number of ether oxygens (including phenoxy) is 2. The van der Waals surface area contributed by atoms with Crippen LogP contribution < -0.4 is 9.47 Å². The van der Waals surface area contributed by atoms with Crippen LogP contribution in [0, 0.1) is 11.3 Å². The highest BCUT2D eigenvalue weighted by molar-refractivity contribution is 6.74. The van der Waals surface area contributed by atoms with Gasteiger partial charge < -0.3 is 13.9 Å². The van der Waals surface area contributed by atoms with Crippen molar-refractivity contribution in [3.63, 3.8) is 0 Å². The van der Waals surface area contributed by atoms with Crippen LogP contribution in [0.25, 0.3) is 0 Å². The van der Waals surface area contributed by atoms with Gasteiger partial charge in [-0.2, -0.15) is 5.26 Å². The normalized spacial score (nSPS) is 12.9. The van der Waals surface area contributed by atoms with E-state index in [2.05, 4.69) is 39.9 Å². The molecule has 2 aromatic carbocycles. The fourth-order valence-electron chi connectivity index (χ4n) is 2.34. The fraction of sp³-hybridized carbons (Fsp3) is 0.409. The zero-order valence-electron chi connectivity index (χ0n) is 17.1. The van der Waals surface area contributed by atoms with Crippen LogP contribution in [0.15, 0.2) is 48.5 Å². The maximum absolute atomic E-state index is 9.67. The molecule has 0 heterocycles. The predicted octanol–water partition coefficient (Wildman–Crippen LogP) is 5.86. The first-order valence-electron chi connectivity index (χ1n) is 9.10. The Labute approximate surface area is 163 Å². The Kier molecular flexibility index (Phi) is 6.69. The molecule has 0 bridgehead atoms. The highest BCUT2D eigenvalue weighted by Crippen LogP contribution is 2.40. The molecule has 0 saturated carbocycles. The summed E-state index contributed by atoms with van der Waals surface area (Å²) in [7, 11) is -0.465. The first-order valence-corrected chi connectivity index (χ1v) is 12.0. The first kappa shape index (κ1) is 21.0. The molecule has 144 valence electrons. The van der Waals surface area contributed by atoms with Crippen LogP contribution in [-0.4, -0.2) is 15.4 Å². The summed E-state index contributed by atoms with van der Waals surface area (Å²) in [5, 5.41) is 9.70. The standard InChI is InChI=1S/C22H29NO3Si/c1-22(2,3)27(5,6)26-21(15-23)18-12-13-19(20(14-18)24-4)25-16-17-10-8-7-9-11-17/h7-14,21H,16H2,1-6H3. The minimum absolute atomic E-state index is 0.0327. The zero-order valence-corrected chi connectivity index (χ0v) is 18.1. The third-order valence-electron chi connectivity index (χ3n) is 5.06. The number of nitriles is 1. The van der Waals surface area contributed by atoms with Crippen LogP contribution in [0.4, 0.5) is 0 Å². The molecule has 0 saturated heterocycles. The number of hydrogen-bond donors (Lipinski definition) is 0. The van der Waals surface area contributed by atoms with E-state index in [4.69, 9.17) is 13.9 Å². The maximum Gasteiger partial charge on any atom is 0.194 e. The number of hydrogen-bond acceptors (Lipinski definition) is 4. The Morgan fingerprint density at radius 3 is 2.26 bits per heavy atom. The van der Waals surface area contributed by atoms with Gasteiger partial charge in [0.2, 0.25) is 0 Å². The summed E-state index contributed by atoms with van der Waals surface area (Å²) in [5.41, 5.74) is 1.87. The predicted molar refractivity (Wildman–Crippen MR) is 110 cm³/mol. The maximum atomic E-state index is 9.67. The van der Waals surface area contributed by atoms with E-state index < -0.39 is 14.4 Å². The van der Waals surface area contributed by atoms with Crippen molar-refractivity contribution in [1.82, 2.24) is 0 Å². The second-order valence-corrected chi connectivity index (χ2v) is 12.8.